The summed E-state index contributed by atoms with van der Waals surface area (Å²) >= 11 is 5.92. The van der Waals surface area contributed by atoms with Crippen molar-refractivity contribution in [3.63, 3.8) is 0 Å². The van der Waals surface area contributed by atoms with Crippen LogP contribution in [0.2, 0.25) is 5.02 Å². The lowest BCUT2D eigenvalue weighted by molar-refractivity contribution is -0.137. The van der Waals surface area contributed by atoms with E-state index in [4.69, 9.17) is 16.7 Å². The van der Waals surface area contributed by atoms with E-state index >= 15 is 0 Å². The Balaban J connectivity index is 2.45. The second kappa shape index (κ2) is 5.04. The highest BCUT2D eigenvalue weighted by atomic mass is 35.5. The van der Waals surface area contributed by atoms with Crippen molar-refractivity contribution in [2.45, 2.75) is 11.3 Å². The van der Waals surface area contributed by atoms with E-state index in [1.165, 1.54) is 12.1 Å². The zero-order valence-corrected chi connectivity index (χ0v) is 12.0. The van der Waals surface area contributed by atoms with Crippen LogP contribution in [0.5, 0.6) is 0 Å². The molecule has 0 aromatic heterocycles. The maximum absolute atomic E-state index is 12.2. The smallest absolute Gasteiger partial charge is 0.318 e. The van der Waals surface area contributed by atoms with Crippen molar-refractivity contribution in [1.82, 2.24) is 4.31 Å². The zero-order valence-electron chi connectivity index (χ0n) is 10.4. The number of carbonyl (C=O) groups excluding carboxylic acids is 1. The molecular formula is C11H11ClN2O5S. The molecule has 1 heterocycles. The Labute approximate surface area is 120 Å². The number of fused-ring (bicyclic) bond motifs is 1. The lowest BCUT2D eigenvalue weighted by Crippen LogP contribution is -2.32. The van der Waals surface area contributed by atoms with Crippen molar-refractivity contribution >= 4 is 39.2 Å². The highest BCUT2D eigenvalue weighted by Crippen LogP contribution is 2.33. The number of aliphatic carboxylic acids is 1. The van der Waals surface area contributed by atoms with E-state index in [-0.39, 0.29) is 22.2 Å². The molecule has 2 rings (SSSR count). The van der Waals surface area contributed by atoms with Gasteiger partial charge in [-0.15, -0.1) is 0 Å². The number of anilines is 1. The van der Waals surface area contributed by atoms with Gasteiger partial charge >= 0.3 is 5.97 Å². The molecule has 9 heteroatoms. The molecule has 0 aliphatic carbocycles. The van der Waals surface area contributed by atoms with Gasteiger partial charge in [0.2, 0.25) is 15.9 Å². The number of nitrogens with one attached hydrogen (secondary N) is 1. The first-order chi connectivity index (χ1) is 9.21. The number of carboxylic acids is 1. The summed E-state index contributed by atoms with van der Waals surface area (Å²) in [6.45, 7) is -0.674. The molecule has 0 atom stereocenters. The third-order valence-corrected chi connectivity index (χ3v) is 5.10. The van der Waals surface area contributed by atoms with Crippen molar-refractivity contribution < 1.29 is 23.1 Å². The standard InChI is InChI=1S/C11H11ClN2O5S/c1-14(5-11(16)17)20(18,19)9-2-6-3-10(15)13-8(6)4-7(9)12/h2,4H,3,5H2,1H3,(H,13,15)(H,16,17). The Morgan fingerprint density at radius 3 is 2.75 bits per heavy atom. The summed E-state index contributed by atoms with van der Waals surface area (Å²) in [5, 5.41) is 11.1. The fraction of sp³-hybridized carbons (Fsp3) is 0.273. The minimum absolute atomic E-state index is 0.0665. The quantitative estimate of drug-likeness (QED) is 0.843. The Morgan fingerprint density at radius 2 is 2.15 bits per heavy atom. The first-order valence-corrected chi connectivity index (χ1v) is 7.34. The van der Waals surface area contributed by atoms with E-state index in [2.05, 4.69) is 5.32 Å². The van der Waals surface area contributed by atoms with Crippen molar-refractivity contribution in [2.24, 2.45) is 0 Å². The lowest BCUT2D eigenvalue weighted by Gasteiger charge is -2.16. The van der Waals surface area contributed by atoms with E-state index in [0.717, 1.165) is 7.05 Å². The first-order valence-electron chi connectivity index (χ1n) is 5.52. The molecule has 0 saturated heterocycles. The van der Waals surface area contributed by atoms with Crippen molar-refractivity contribution in [3.05, 3.63) is 22.7 Å². The molecule has 0 saturated carbocycles. The van der Waals surface area contributed by atoms with Gasteiger partial charge in [0.05, 0.1) is 11.4 Å². The van der Waals surface area contributed by atoms with E-state index in [9.17, 15) is 18.0 Å². The molecular weight excluding hydrogens is 308 g/mol. The molecule has 108 valence electrons. The van der Waals surface area contributed by atoms with E-state index in [0.29, 0.717) is 15.6 Å². The number of likely N-dealkylation sites (N-methyl/N-ethyl adjacent to an activating group) is 1. The molecule has 0 radical (unpaired) electrons. The molecule has 1 aliphatic heterocycles. The highest BCUT2D eigenvalue weighted by molar-refractivity contribution is 7.89. The highest BCUT2D eigenvalue weighted by Gasteiger charge is 2.28. The number of amides is 1. The normalized spacial score (nSPS) is 14.2. The number of carbonyl (C=O) groups is 2. The van der Waals surface area contributed by atoms with Crippen LogP contribution in [-0.4, -0.2) is 43.3 Å². The number of sulfonamides is 1. The van der Waals surface area contributed by atoms with Gasteiger partial charge in [-0.3, -0.25) is 9.59 Å². The van der Waals surface area contributed by atoms with Crippen molar-refractivity contribution in [1.29, 1.82) is 0 Å². The fourth-order valence-corrected chi connectivity index (χ4v) is 3.54. The van der Waals surface area contributed by atoms with Crippen LogP contribution < -0.4 is 5.32 Å². The van der Waals surface area contributed by atoms with Gasteiger partial charge in [-0.25, -0.2) is 8.42 Å². The summed E-state index contributed by atoms with van der Waals surface area (Å²) in [4.78, 5) is 21.7. The Morgan fingerprint density at radius 1 is 1.50 bits per heavy atom. The second-order valence-electron chi connectivity index (χ2n) is 4.32. The van der Waals surface area contributed by atoms with Gasteiger partial charge in [0.15, 0.2) is 0 Å². The van der Waals surface area contributed by atoms with Crippen molar-refractivity contribution in [3.8, 4) is 0 Å². The minimum atomic E-state index is -4.02. The predicted molar refractivity (Wildman–Crippen MR) is 71.2 cm³/mol. The van der Waals surface area contributed by atoms with Gasteiger partial charge in [-0.1, -0.05) is 11.6 Å². The van der Waals surface area contributed by atoms with Gasteiger partial charge in [0.1, 0.15) is 11.4 Å². The third-order valence-electron chi connectivity index (χ3n) is 2.83. The molecule has 20 heavy (non-hydrogen) atoms. The van der Waals surface area contributed by atoms with Crippen LogP contribution >= 0.6 is 11.6 Å². The van der Waals surface area contributed by atoms with E-state index < -0.39 is 22.5 Å². The molecule has 1 aromatic carbocycles. The third kappa shape index (κ3) is 2.62. The summed E-state index contributed by atoms with van der Waals surface area (Å²) < 4.78 is 25.2. The number of benzene rings is 1. The first kappa shape index (κ1) is 14.8. The van der Waals surface area contributed by atoms with Gasteiger partial charge < -0.3 is 10.4 Å². The monoisotopic (exact) mass is 318 g/mol. The van der Waals surface area contributed by atoms with Gasteiger partial charge in [-0.05, 0) is 17.7 Å². The molecule has 0 fully saturated rings. The van der Waals surface area contributed by atoms with Crippen LogP contribution in [0, 0.1) is 0 Å². The zero-order chi connectivity index (χ0) is 15.1. The summed E-state index contributed by atoms with van der Waals surface area (Å²) in [5.41, 5.74) is 0.988. The van der Waals surface area contributed by atoms with Crippen LogP contribution in [0.15, 0.2) is 17.0 Å². The van der Waals surface area contributed by atoms with Crippen LogP contribution in [-0.2, 0) is 26.0 Å². The largest absolute Gasteiger partial charge is 0.480 e. The van der Waals surface area contributed by atoms with Crippen LogP contribution in [0.3, 0.4) is 0 Å². The van der Waals surface area contributed by atoms with E-state index in [1.54, 1.807) is 0 Å². The molecule has 1 amide bonds. The number of rotatable bonds is 4. The lowest BCUT2D eigenvalue weighted by atomic mass is 10.2. The molecule has 1 aliphatic rings. The SMILES string of the molecule is CN(CC(=O)O)S(=O)(=O)c1cc2c(cc1Cl)NC(=O)C2. The molecule has 0 bridgehead atoms. The average molecular weight is 319 g/mol. The summed E-state index contributed by atoms with van der Waals surface area (Å²) in [6.07, 6.45) is 0.0671. The molecule has 7 nitrogen and oxygen atoms in total. The van der Waals surface area contributed by atoms with Crippen LogP contribution in [0.1, 0.15) is 5.56 Å². The average Bonchev–Trinajstić information content (AvgIpc) is 2.66. The van der Waals surface area contributed by atoms with Crippen LogP contribution in [0.4, 0.5) is 5.69 Å². The molecule has 1 aromatic rings. The molecule has 2 N–H and O–H groups in total. The predicted octanol–water partition coefficient (Wildman–Crippen LogP) is 0.540. The summed E-state index contributed by atoms with van der Waals surface area (Å²) in [7, 11) is -2.87. The Hall–Kier alpha value is -1.64. The number of hydrogen-bond donors (Lipinski definition) is 2. The molecule has 0 spiro atoms. The maximum atomic E-state index is 12.2. The van der Waals surface area contributed by atoms with Crippen LogP contribution in [0.25, 0.3) is 0 Å². The Bertz CT molecular complexity index is 701. The molecule has 0 unspecified atom stereocenters. The number of halogens is 1. The van der Waals surface area contributed by atoms with Gasteiger partial charge in [0, 0.05) is 12.7 Å². The number of hydrogen-bond acceptors (Lipinski definition) is 4. The minimum Gasteiger partial charge on any atom is -0.480 e. The summed E-state index contributed by atoms with van der Waals surface area (Å²) in [5.74, 6) is -1.52. The van der Waals surface area contributed by atoms with Gasteiger partial charge in [0.25, 0.3) is 0 Å². The van der Waals surface area contributed by atoms with E-state index in [1.807, 2.05) is 0 Å². The number of nitrogens with zero attached hydrogens (tertiary/aromatic N) is 1. The fourth-order valence-electron chi connectivity index (χ4n) is 1.87. The number of carboxylic acid groups (broad SMARTS) is 1. The van der Waals surface area contributed by atoms with Gasteiger partial charge in [-0.2, -0.15) is 4.31 Å². The summed E-state index contributed by atoms with van der Waals surface area (Å²) in [6, 6.07) is 2.65. The van der Waals surface area contributed by atoms with Crippen molar-refractivity contribution in [2.75, 3.05) is 18.9 Å². The second-order valence-corrected chi connectivity index (χ2v) is 6.74. The Kier molecular flexibility index (Phi) is 3.72. The topological polar surface area (TPSA) is 104 Å². The maximum Gasteiger partial charge on any atom is 0.318 e.